The van der Waals surface area contributed by atoms with E-state index in [2.05, 4.69) is 0 Å². The van der Waals surface area contributed by atoms with E-state index in [1.165, 1.54) is 0 Å². The van der Waals surface area contributed by atoms with Gasteiger partial charge in [-0.05, 0) is 30.5 Å². The molecular formula is C12H17ClF2N2. The summed E-state index contributed by atoms with van der Waals surface area (Å²) in [4.78, 5) is 1.85. The fraction of sp³-hybridized carbons (Fsp3) is 0.500. The van der Waals surface area contributed by atoms with Crippen LogP contribution in [-0.2, 0) is 6.54 Å². The molecule has 0 radical (unpaired) electrons. The van der Waals surface area contributed by atoms with Crippen LogP contribution < -0.4 is 5.73 Å². The molecule has 96 valence electrons. The highest BCUT2D eigenvalue weighted by molar-refractivity contribution is 5.85. The third-order valence-electron chi connectivity index (χ3n) is 2.77. The van der Waals surface area contributed by atoms with Gasteiger partial charge in [-0.1, -0.05) is 12.1 Å². The predicted octanol–water partition coefficient (Wildman–Crippen LogP) is 2.92. The Bertz CT molecular complexity index is 356. The summed E-state index contributed by atoms with van der Waals surface area (Å²) in [5.74, 6) is 0. The second kappa shape index (κ2) is 6.17. The van der Waals surface area contributed by atoms with Crippen molar-refractivity contribution >= 4 is 18.1 Å². The van der Waals surface area contributed by atoms with Gasteiger partial charge >= 0.3 is 0 Å². The monoisotopic (exact) mass is 262 g/mol. The number of nitrogens with two attached hydrogens (primary N) is 1. The lowest BCUT2D eigenvalue weighted by atomic mass is 10.2. The van der Waals surface area contributed by atoms with Gasteiger partial charge in [-0.2, -0.15) is 0 Å². The highest BCUT2D eigenvalue weighted by atomic mass is 35.5. The Morgan fingerprint density at radius 2 is 2.06 bits per heavy atom. The number of hydrogen-bond acceptors (Lipinski definition) is 2. The molecule has 1 saturated carbocycles. The number of rotatable bonds is 5. The highest BCUT2D eigenvalue weighted by Crippen LogP contribution is 2.29. The van der Waals surface area contributed by atoms with E-state index in [0.717, 1.165) is 18.4 Å². The zero-order valence-electron chi connectivity index (χ0n) is 9.48. The molecule has 0 bridgehead atoms. The van der Waals surface area contributed by atoms with E-state index in [4.69, 9.17) is 5.73 Å². The molecule has 2 N–H and O–H groups in total. The van der Waals surface area contributed by atoms with Crippen LogP contribution in [0.15, 0.2) is 24.3 Å². The molecule has 2 nitrogen and oxygen atoms in total. The van der Waals surface area contributed by atoms with Crippen LogP contribution in [-0.4, -0.2) is 23.9 Å². The Hall–Kier alpha value is -0.870. The van der Waals surface area contributed by atoms with E-state index in [1.807, 2.05) is 23.1 Å². The Balaban J connectivity index is 0.00000144. The number of halogens is 3. The average Bonchev–Trinajstić information content (AvgIpc) is 2.99. The summed E-state index contributed by atoms with van der Waals surface area (Å²) in [6, 6.07) is 7.78. The summed E-state index contributed by atoms with van der Waals surface area (Å²) in [7, 11) is 0. The lowest BCUT2D eigenvalue weighted by Gasteiger charge is -2.21. The third kappa shape index (κ3) is 4.48. The van der Waals surface area contributed by atoms with Gasteiger partial charge in [-0.3, -0.25) is 4.90 Å². The summed E-state index contributed by atoms with van der Waals surface area (Å²) in [5.41, 5.74) is 7.35. The molecule has 0 heterocycles. The zero-order chi connectivity index (χ0) is 11.5. The van der Waals surface area contributed by atoms with Crippen LogP contribution in [0, 0.1) is 0 Å². The minimum Gasteiger partial charge on any atom is -0.399 e. The number of nitrogens with zero attached hydrogens (tertiary/aromatic N) is 1. The molecule has 1 aliphatic rings. The number of alkyl halides is 2. The van der Waals surface area contributed by atoms with Gasteiger partial charge in [0.05, 0.1) is 6.54 Å². The fourth-order valence-electron chi connectivity index (χ4n) is 1.89. The van der Waals surface area contributed by atoms with Crippen molar-refractivity contribution in [3.05, 3.63) is 29.8 Å². The van der Waals surface area contributed by atoms with E-state index in [1.54, 1.807) is 6.07 Å². The molecule has 1 fully saturated rings. The molecule has 0 saturated heterocycles. The van der Waals surface area contributed by atoms with Gasteiger partial charge in [0.25, 0.3) is 6.43 Å². The van der Waals surface area contributed by atoms with Crippen molar-refractivity contribution < 1.29 is 8.78 Å². The molecule has 1 aliphatic carbocycles. The Morgan fingerprint density at radius 3 is 2.59 bits per heavy atom. The molecule has 5 heteroatoms. The quantitative estimate of drug-likeness (QED) is 0.827. The third-order valence-corrected chi connectivity index (χ3v) is 2.77. The zero-order valence-corrected chi connectivity index (χ0v) is 10.3. The molecule has 0 amide bonds. The summed E-state index contributed by atoms with van der Waals surface area (Å²) >= 11 is 0. The first-order chi connectivity index (χ1) is 7.65. The Morgan fingerprint density at radius 1 is 1.35 bits per heavy atom. The Labute approximate surface area is 106 Å². The largest absolute Gasteiger partial charge is 0.399 e. The molecule has 0 unspecified atom stereocenters. The first-order valence-electron chi connectivity index (χ1n) is 5.52. The van der Waals surface area contributed by atoms with Gasteiger partial charge in [-0.15, -0.1) is 12.4 Å². The Kier molecular flexibility index (Phi) is 5.15. The van der Waals surface area contributed by atoms with Crippen LogP contribution in [0.5, 0.6) is 0 Å². The SMILES string of the molecule is Cl.Nc1cccc(CN(CC(F)F)C2CC2)c1. The smallest absolute Gasteiger partial charge is 0.251 e. The minimum absolute atomic E-state index is 0. The van der Waals surface area contributed by atoms with Crippen LogP contribution >= 0.6 is 12.4 Å². The number of anilines is 1. The number of nitrogen functional groups attached to an aromatic ring is 1. The van der Waals surface area contributed by atoms with Crippen LogP contribution in [0.25, 0.3) is 0 Å². The highest BCUT2D eigenvalue weighted by Gasteiger charge is 2.30. The second-order valence-corrected chi connectivity index (χ2v) is 4.30. The van der Waals surface area contributed by atoms with E-state index in [0.29, 0.717) is 18.3 Å². The topological polar surface area (TPSA) is 29.3 Å². The van der Waals surface area contributed by atoms with Crippen molar-refractivity contribution in [2.24, 2.45) is 0 Å². The normalized spacial score (nSPS) is 15.1. The van der Waals surface area contributed by atoms with Crippen LogP contribution in [0.2, 0.25) is 0 Å². The molecule has 1 aromatic rings. The summed E-state index contributed by atoms with van der Waals surface area (Å²) in [6.07, 6.45) is -0.189. The van der Waals surface area contributed by atoms with Gasteiger partial charge in [0.2, 0.25) is 0 Å². The van der Waals surface area contributed by atoms with Crippen LogP contribution in [0.3, 0.4) is 0 Å². The predicted molar refractivity (Wildman–Crippen MR) is 67.5 cm³/mol. The van der Waals surface area contributed by atoms with E-state index >= 15 is 0 Å². The molecule has 0 aliphatic heterocycles. The van der Waals surface area contributed by atoms with Gasteiger partial charge in [0, 0.05) is 18.3 Å². The summed E-state index contributed by atoms with van der Waals surface area (Å²) in [6.45, 7) is 0.430. The molecule has 0 atom stereocenters. The van der Waals surface area contributed by atoms with Crippen molar-refractivity contribution in [1.82, 2.24) is 4.90 Å². The van der Waals surface area contributed by atoms with Crippen molar-refractivity contribution in [2.75, 3.05) is 12.3 Å². The van der Waals surface area contributed by atoms with Gasteiger partial charge in [0.1, 0.15) is 0 Å². The first-order valence-corrected chi connectivity index (χ1v) is 5.52. The molecule has 0 aromatic heterocycles. The number of hydrogen-bond donors (Lipinski definition) is 1. The van der Waals surface area contributed by atoms with Gasteiger partial charge < -0.3 is 5.73 Å². The van der Waals surface area contributed by atoms with Crippen molar-refractivity contribution in [1.29, 1.82) is 0 Å². The maximum absolute atomic E-state index is 12.4. The summed E-state index contributed by atoms with van der Waals surface area (Å²) in [5, 5.41) is 0. The van der Waals surface area contributed by atoms with Gasteiger partial charge in [0.15, 0.2) is 0 Å². The van der Waals surface area contributed by atoms with Crippen LogP contribution in [0.4, 0.5) is 14.5 Å². The number of benzene rings is 1. The molecule has 1 aromatic carbocycles. The second-order valence-electron chi connectivity index (χ2n) is 4.30. The minimum atomic E-state index is -2.26. The molecule has 2 rings (SSSR count). The van der Waals surface area contributed by atoms with Crippen molar-refractivity contribution in [3.8, 4) is 0 Å². The maximum Gasteiger partial charge on any atom is 0.251 e. The lowest BCUT2D eigenvalue weighted by molar-refractivity contribution is 0.0806. The van der Waals surface area contributed by atoms with E-state index < -0.39 is 6.43 Å². The fourth-order valence-corrected chi connectivity index (χ4v) is 1.89. The maximum atomic E-state index is 12.4. The molecule has 0 spiro atoms. The summed E-state index contributed by atoms with van der Waals surface area (Å²) < 4.78 is 24.8. The van der Waals surface area contributed by atoms with Crippen molar-refractivity contribution in [2.45, 2.75) is 31.9 Å². The van der Waals surface area contributed by atoms with Crippen molar-refractivity contribution in [3.63, 3.8) is 0 Å². The van der Waals surface area contributed by atoms with Crippen LogP contribution in [0.1, 0.15) is 18.4 Å². The average molecular weight is 263 g/mol. The van der Waals surface area contributed by atoms with E-state index in [9.17, 15) is 8.78 Å². The first kappa shape index (κ1) is 14.2. The lowest BCUT2D eigenvalue weighted by Crippen LogP contribution is -2.30. The molecule has 17 heavy (non-hydrogen) atoms. The molecular weight excluding hydrogens is 246 g/mol. The standard InChI is InChI=1S/C12H16F2N2.ClH/c13-12(14)8-16(11-4-5-11)7-9-2-1-3-10(15)6-9;/h1-3,6,11-12H,4-5,7-8,15H2;1H. The van der Waals surface area contributed by atoms with Gasteiger partial charge in [-0.25, -0.2) is 8.78 Å². The van der Waals surface area contributed by atoms with E-state index in [-0.39, 0.29) is 19.0 Å².